The first-order valence-electron chi connectivity index (χ1n) is 18.2. The van der Waals surface area contributed by atoms with E-state index < -0.39 is 0 Å². The second-order valence-electron chi connectivity index (χ2n) is 14.0. The summed E-state index contributed by atoms with van der Waals surface area (Å²) in [5.74, 6) is 0.920. The zero-order chi connectivity index (χ0) is 35.3. The number of fused-ring (bicyclic) bond motifs is 11. The molecule has 12 aromatic rings. The monoisotopic (exact) mass is 691 g/mol. The number of imidazole rings is 1. The molecule has 0 aliphatic carbocycles. The lowest BCUT2D eigenvalue weighted by Crippen LogP contribution is -1.99. The molecular weight excluding hydrogens is 663 g/mol. The summed E-state index contributed by atoms with van der Waals surface area (Å²) in [4.78, 5) is 5.11. The van der Waals surface area contributed by atoms with Gasteiger partial charge in [0.05, 0.1) is 22.1 Å². The summed E-state index contributed by atoms with van der Waals surface area (Å²) in [7, 11) is 0. The number of furan rings is 2. The smallest absolute Gasteiger partial charge is 0.178 e. The summed E-state index contributed by atoms with van der Waals surface area (Å²) < 4.78 is 17.5. The van der Waals surface area contributed by atoms with E-state index in [1.807, 2.05) is 24.3 Å². The SMILES string of the molecule is c1ccc(-c2nc3ccccc3n2-c2ccc3c4ccc(-c5ccc6oc7c(ccc8c9ccccc9oc87)c6c5)cc4n(-c4ccccc4)c3c2)cc1. The molecule has 0 radical (unpaired) electrons. The third-order valence-corrected chi connectivity index (χ3v) is 10.9. The molecule has 0 spiro atoms. The van der Waals surface area contributed by atoms with Crippen molar-refractivity contribution in [2.75, 3.05) is 0 Å². The average molecular weight is 692 g/mol. The van der Waals surface area contributed by atoms with Gasteiger partial charge in [0.15, 0.2) is 11.2 Å². The fourth-order valence-corrected chi connectivity index (χ4v) is 8.45. The van der Waals surface area contributed by atoms with Gasteiger partial charge in [0.25, 0.3) is 0 Å². The normalized spacial score (nSPS) is 12.1. The molecule has 12 rings (SSSR count). The minimum atomic E-state index is 0.785. The summed E-state index contributed by atoms with van der Waals surface area (Å²) >= 11 is 0. The van der Waals surface area contributed by atoms with Gasteiger partial charge in [-0.15, -0.1) is 0 Å². The third-order valence-electron chi connectivity index (χ3n) is 10.9. The van der Waals surface area contributed by atoms with E-state index in [-0.39, 0.29) is 0 Å². The Hall–Kier alpha value is -7.37. The molecule has 0 unspecified atom stereocenters. The molecule has 4 aromatic heterocycles. The lowest BCUT2D eigenvalue weighted by molar-refractivity contribution is 0.633. The number of benzene rings is 8. The Morgan fingerprint density at radius 2 is 0.963 bits per heavy atom. The van der Waals surface area contributed by atoms with Crippen LogP contribution >= 0.6 is 0 Å². The van der Waals surface area contributed by atoms with Gasteiger partial charge in [-0.2, -0.15) is 0 Å². The standard InChI is InChI=1S/C49H29N3O2/c1-3-11-30(12-4-1)49-50-41-16-8-9-17-42(41)52(49)34-21-23-36-35-22-19-32(28-43(35)51(44(36)29-34)33-13-5-2-6-14-33)31-20-26-46-40(27-31)39-25-24-38-37-15-7-10-18-45(37)53-47(38)48(39)54-46/h1-29H. The molecule has 5 nitrogen and oxygen atoms in total. The lowest BCUT2D eigenvalue weighted by Gasteiger charge is -2.12. The van der Waals surface area contributed by atoms with E-state index in [0.717, 1.165) is 99.8 Å². The molecule has 252 valence electrons. The van der Waals surface area contributed by atoms with Crippen LogP contribution < -0.4 is 0 Å². The largest absolute Gasteiger partial charge is 0.452 e. The van der Waals surface area contributed by atoms with Gasteiger partial charge in [0, 0.05) is 49.3 Å². The first-order chi connectivity index (χ1) is 26.8. The second kappa shape index (κ2) is 11.1. The van der Waals surface area contributed by atoms with Crippen molar-refractivity contribution >= 4 is 76.7 Å². The Balaban J connectivity index is 1.06. The van der Waals surface area contributed by atoms with E-state index in [9.17, 15) is 0 Å². The molecule has 0 N–H and O–H groups in total. The van der Waals surface area contributed by atoms with Crippen molar-refractivity contribution in [2.24, 2.45) is 0 Å². The minimum absolute atomic E-state index is 0.785. The van der Waals surface area contributed by atoms with Crippen LogP contribution in [-0.2, 0) is 0 Å². The van der Waals surface area contributed by atoms with Gasteiger partial charge in [-0.25, -0.2) is 4.98 Å². The Morgan fingerprint density at radius 3 is 1.80 bits per heavy atom. The van der Waals surface area contributed by atoms with Gasteiger partial charge in [-0.1, -0.05) is 103 Å². The van der Waals surface area contributed by atoms with E-state index in [1.54, 1.807) is 0 Å². The van der Waals surface area contributed by atoms with Crippen LogP contribution in [0.3, 0.4) is 0 Å². The molecule has 0 bridgehead atoms. The predicted octanol–water partition coefficient (Wildman–Crippen LogP) is 13.3. The lowest BCUT2D eigenvalue weighted by atomic mass is 10.0. The van der Waals surface area contributed by atoms with Crippen LogP contribution in [0.4, 0.5) is 0 Å². The van der Waals surface area contributed by atoms with E-state index >= 15 is 0 Å². The Kier molecular flexibility index (Phi) is 5.99. The van der Waals surface area contributed by atoms with Gasteiger partial charge < -0.3 is 13.4 Å². The maximum absolute atomic E-state index is 6.47. The fraction of sp³-hybridized carbons (Fsp3) is 0. The van der Waals surface area contributed by atoms with Crippen molar-refractivity contribution in [3.63, 3.8) is 0 Å². The highest BCUT2D eigenvalue weighted by Gasteiger charge is 2.20. The molecule has 0 fully saturated rings. The second-order valence-corrected chi connectivity index (χ2v) is 14.0. The van der Waals surface area contributed by atoms with Crippen LogP contribution in [0.1, 0.15) is 0 Å². The van der Waals surface area contributed by atoms with Gasteiger partial charge in [0.2, 0.25) is 0 Å². The van der Waals surface area contributed by atoms with Crippen LogP contribution in [0.15, 0.2) is 185 Å². The highest BCUT2D eigenvalue weighted by Crippen LogP contribution is 2.41. The fourth-order valence-electron chi connectivity index (χ4n) is 8.45. The predicted molar refractivity (Wildman–Crippen MR) is 221 cm³/mol. The molecule has 54 heavy (non-hydrogen) atoms. The molecule has 0 aliphatic rings. The number of aromatic nitrogens is 3. The van der Waals surface area contributed by atoms with E-state index in [2.05, 4.69) is 161 Å². The Morgan fingerprint density at radius 1 is 0.352 bits per heavy atom. The van der Waals surface area contributed by atoms with E-state index in [0.29, 0.717) is 0 Å². The summed E-state index contributed by atoms with van der Waals surface area (Å²) in [6.45, 7) is 0. The number of rotatable bonds is 4. The van der Waals surface area contributed by atoms with E-state index in [1.165, 1.54) is 10.8 Å². The quantitative estimate of drug-likeness (QED) is 0.185. The molecule has 5 heteroatoms. The van der Waals surface area contributed by atoms with Crippen molar-refractivity contribution in [2.45, 2.75) is 0 Å². The first kappa shape index (κ1) is 29.2. The number of para-hydroxylation sites is 4. The summed E-state index contributed by atoms with van der Waals surface area (Å²) in [6.07, 6.45) is 0. The molecule has 0 atom stereocenters. The highest BCUT2D eigenvalue weighted by atomic mass is 16.4. The van der Waals surface area contributed by atoms with Crippen molar-refractivity contribution < 1.29 is 8.83 Å². The molecule has 0 saturated heterocycles. The van der Waals surface area contributed by atoms with Gasteiger partial charge in [-0.05, 0) is 83.9 Å². The molecule has 0 saturated carbocycles. The molecule has 0 aliphatic heterocycles. The van der Waals surface area contributed by atoms with Gasteiger partial charge in [-0.3, -0.25) is 4.57 Å². The Labute approximate surface area is 308 Å². The van der Waals surface area contributed by atoms with E-state index in [4.69, 9.17) is 13.8 Å². The van der Waals surface area contributed by atoms with Crippen LogP contribution in [0.2, 0.25) is 0 Å². The van der Waals surface area contributed by atoms with Crippen molar-refractivity contribution in [3.8, 4) is 33.9 Å². The van der Waals surface area contributed by atoms with Crippen LogP contribution in [0.5, 0.6) is 0 Å². The molecular formula is C49H29N3O2. The maximum atomic E-state index is 6.47. The highest BCUT2D eigenvalue weighted by molar-refractivity contribution is 6.19. The van der Waals surface area contributed by atoms with Crippen LogP contribution in [0, 0.1) is 0 Å². The number of hydrogen-bond acceptors (Lipinski definition) is 3. The van der Waals surface area contributed by atoms with Crippen molar-refractivity contribution in [1.82, 2.24) is 14.1 Å². The summed E-state index contributed by atoms with van der Waals surface area (Å²) in [5, 5.41) is 6.68. The maximum Gasteiger partial charge on any atom is 0.178 e. The van der Waals surface area contributed by atoms with Crippen LogP contribution in [-0.4, -0.2) is 14.1 Å². The zero-order valence-corrected chi connectivity index (χ0v) is 28.9. The molecule has 0 amide bonds. The zero-order valence-electron chi connectivity index (χ0n) is 28.9. The van der Waals surface area contributed by atoms with Crippen molar-refractivity contribution in [3.05, 3.63) is 176 Å². The number of nitrogens with zero attached hydrogens (tertiary/aromatic N) is 3. The van der Waals surface area contributed by atoms with Crippen LogP contribution in [0.25, 0.3) is 111 Å². The average Bonchev–Trinajstić information content (AvgIpc) is 3.99. The van der Waals surface area contributed by atoms with Gasteiger partial charge in [0.1, 0.15) is 17.0 Å². The summed E-state index contributed by atoms with van der Waals surface area (Å²) in [5.41, 5.74) is 13.1. The molecule has 8 aromatic carbocycles. The Bertz CT molecular complexity index is 3440. The number of hydrogen-bond donors (Lipinski definition) is 0. The van der Waals surface area contributed by atoms with Crippen molar-refractivity contribution in [1.29, 1.82) is 0 Å². The topological polar surface area (TPSA) is 49.0 Å². The molecule has 4 heterocycles. The first-order valence-corrected chi connectivity index (χ1v) is 18.2. The third kappa shape index (κ3) is 4.18. The minimum Gasteiger partial charge on any atom is -0.452 e. The summed E-state index contributed by atoms with van der Waals surface area (Å²) in [6, 6.07) is 62.0. The van der Waals surface area contributed by atoms with Gasteiger partial charge >= 0.3 is 0 Å².